The summed E-state index contributed by atoms with van der Waals surface area (Å²) in [7, 11) is 1.09. The number of aromatic nitrogens is 4. The molecule has 1 amide bonds. The molecule has 1 N–H and O–H groups in total. The lowest BCUT2D eigenvalue weighted by molar-refractivity contribution is -0.143. The number of aryl methyl sites for hydroxylation is 3. The highest BCUT2D eigenvalue weighted by molar-refractivity contribution is 6.34. The Balaban J connectivity index is 1.95. The Bertz CT molecular complexity index is 707. The number of nitrogens with zero attached hydrogens (tertiary/aromatic N) is 4. The molecular weight excluding hydrogens is 335 g/mol. The Kier molecular flexibility index (Phi) is 4.98. The molecule has 0 radical (unpaired) electrons. The Morgan fingerprint density at radius 2 is 2.13 bits per heavy atom. The van der Waals surface area contributed by atoms with Gasteiger partial charge < -0.3 is 5.32 Å². The molecular formula is C13H15ClF3N5O. The molecule has 2 heterocycles. The van der Waals surface area contributed by atoms with Gasteiger partial charge in [0.2, 0.25) is 0 Å². The fourth-order valence-electron chi connectivity index (χ4n) is 2.10. The van der Waals surface area contributed by atoms with E-state index in [9.17, 15) is 18.0 Å². The van der Waals surface area contributed by atoms with Gasteiger partial charge in [0.25, 0.3) is 5.91 Å². The van der Waals surface area contributed by atoms with Gasteiger partial charge in [-0.15, -0.1) is 0 Å². The fraction of sp³-hybridized carbons (Fsp3) is 0.462. The maximum absolute atomic E-state index is 12.8. The lowest BCUT2D eigenvalue weighted by Crippen LogP contribution is -2.26. The zero-order chi connectivity index (χ0) is 17.2. The molecule has 0 saturated carbocycles. The molecule has 0 aliphatic heterocycles. The molecule has 0 aromatic carbocycles. The van der Waals surface area contributed by atoms with Crippen LogP contribution in [-0.4, -0.2) is 32.0 Å². The summed E-state index contributed by atoms with van der Waals surface area (Å²) in [5.74, 6) is -0.738. The third-order valence-corrected chi connectivity index (χ3v) is 3.59. The second kappa shape index (κ2) is 6.61. The van der Waals surface area contributed by atoms with Crippen molar-refractivity contribution in [1.82, 2.24) is 24.9 Å². The second-order valence-electron chi connectivity index (χ2n) is 4.94. The van der Waals surface area contributed by atoms with Crippen LogP contribution in [0.3, 0.4) is 0 Å². The molecule has 126 valence electrons. The largest absolute Gasteiger partial charge is 0.434 e. The zero-order valence-electron chi connectivity index (χ0n) is 12.5. The van der Waals surface area contributed by atoms with Gasteiger partial charge >= 0.3 is 6.18 Å². The van der Waals surface area contributed by atoms with Crippen LogP contribution in [0, 0.1) is 6.92 Å². The van der Waals surface area contributed by atoms with E-state index in [0.717, 1.165) is 12.7 Å². The molecule has 6 nitrogen and oxygen atoms in total. The molecule has 0 saturated heterocycles. The Morgan fingerprint density at radius 3 is 2.65 bits per heavy atom. The van der Waals surface area contributed by atoms with Gasteiger partial charge in [-0.1, -0.05) is 11.6 Å². The quantitative estimate of drug-likeness (QED) is 0.843. The minimum absolute atomic E-state index is 0.270. The summed E-state index contributed by atoms with van der Waals surface area (Å²) in [6.07, 6.45) is -2.43. The van der Waals surface area contributed by atoms with E-state index in [2.05, 4.69) is 15.5 Å². The zero-order valence-corrected chi connectivity index (χ0v) is 13.2. The molecule has 23 heavy (non-hydrogen) atoms. The molecule has 0 spiro atoms. The number of rotatable bonds is 5. The van der Waals surface area contributed by atoms with Crippen molar-refractivity contribution in [2.45, 2.75) is 26.1 Å². The minimum atomic E-state index is -4.67. The van der Waals surface area contributed by atoms with Crippen LogP contribution in [0.5, 0.6) is 0 Å². The molecule has 0 fully saturated rings. The van der Waals surface area contributed by atoms with E-state index < -0.39 is 28.5 Å². The minimum Gasteiger partial charge on any atom is -0.351 e. The molecule has 0 aliphatic carbocycles. The maximum Gasteiger partial charge on any atom is 0.434 e. The predicted octanol–water partition coefficient (Wildman–Crippen LogP) is 2.42. The number of carbonyl (C=O) groups is 1. The monoisotopic (exact) mass is 349 g/mol. The average Bonchev–Trinajstić information content (AvgIpc) is 2.97. The highest BCUT2D eigenvalue weighted by Crippen LogP contribution is 2.35. The van der Waals surface area contributed by atoms with Crippen LogP contribution in [0.15, 0.2) is 12.3 Å². The highest BCUT2D eigenvalue weighted by atomic mass is 35.5. The van der Waals surface area contributed by atoms with Crippen molar-refractivity contribution < 1.29 is 18.0 Å². The maximum atomic E-state index is 12.8. The van der Waals surface area contributed by atoms with Gasteiger partial charge in [0.05, 0.1) is 0 Å². The van der Waals surface area contributed by atoms with E-state index in [4.69, 9.17) is 11.6 Å². The SMILES string of the molecule is Cc1ccnn1CCCNC(=O)c1nn(C)c(C(F)(F)F)c1Cl. The van der Waals surface area contributed by atoms with Crippen LogP contribution >= 0.6 is 11.6 Å². The number of amides is 1. The van der Waals surface area contributed by atoms with Crippen molar-refractivity contribution >= 4 is 17.5 Å². The van der Waals surface area contributed by atoms with Crippen LogP contribution in [0.2, 0.25) is 5.02 Å². The Labute approximate surface area is 135 Å². The summed E-state index contributed by atoms with van der Waals surface area (Å²) < 4.78 is 40.7. The van der Waals surface area contributed by atoms with Crippen molar-refractivity contribution in [2.75, 3.05) is 6.54 Å². The van der Waals surface area contributed by atoms with E-state index in [1.807, 2.05) is 13.0 Å². The summed E-state index contributed by atoms with van der Waals surface area (Å²) in [5, 5.41) is 9.46. The lowest BCUT2D eigenvalue weighted by Gasteiger charge is -2.06. The first kappa shape index (κ1) is 17.3. The van der Waals surface area contributed by atoms with Gasteiger partial charge in [-0.2, -0.15) is 23.4 Å². The number of halogens is 4. The van der Waals surface area contributed by atoms with Gasteiger partial charge in [0.15, 0.2) is 11.4 Å². The molecule has 0 unspecified atom stereocenters. The van der Waals surface area contributed by atoms with Crippen molar-refractivity contribution in [1.29, 1.82) is 0 Å². The van der Waals surface area contributed by atoms with E-state index in [0.29, 0.717) is 17.6 Å². The van der Waals surface area contributed by atoms with Gasteiger partial charge in [-0.05, 0) is 19.4 Å². The summed E-state index contributed by atoms with van der Waals surface area (Å²) in [6.45, 7) is 2.76. The van der Waals surface area contributed by atoms with Crippen LogP contribution in [0.25, 0.3) is 0 Å². The van der Waals surface area contributed by atoms with Crippen LogP contribution in [-0.2, 0) is 19.8 Å². The standard InChI is InChI=1S/C13H15ClF3N5O/c1-8-4-6-19-22(8)7-3-5-18-12(23)10-9(14)11(13(15,16)17)21(2)20-10/h4,6H,3,5,7H2,1-2H3,(H,18,23). The van der Waals surface area contributed by atoms with Gasteiger partial charge in [0.1, 0.15) is 5.02 Å². The van der Waals surface area contributed by atoms with Gasteiger partial charge in [0, 0.05) is 32.0 Å². The number of hydrogen-bond donors (Lipinski definition) is 1. The van der Waals surface area contributed by atoms with Gasteiger partial charge in [-0.25, -0.2) is 0 Å². The van der Waals surface area contributed by atoms with Crippen LogP contribution in [0.4, 0.5) is 13.2 Å². The Morgan fingerprint density at radius 1 is 1.43 bits per heavy atom. The topological polar surface area (TPSA) is 64.7 Å². The predicted molar refractivity (Wildman–Crippen MR) is 77.1 cm³/mol. The first-order chi connectivity index (χ1) is 10.7. The fourth-order valence-corrected chi connectivity index (χ4v) is 2.45. The normalized spacial score (nSPS) is 11.7. The molecule has 2 aromatic heterocycles. The molecule has 0 bridgehead atoms. The van der Waals surface area contributed by atoms with Crippen LogP contribution < -0.4 is 5.32 Å². The summed E-state index contributed by atoms with van der Waals surface area (Å²) in [6, 6.07) is 1.85. The number of alkyl halides is 3. The summed E-state index contributed by atoms with van der Waals surface area (Å²) >= 11 is 5.65. The van der Waals surface area contributed by atoms with E-state index >= 15 is 0 Å². The van der Waals surface area contributed by atoms with Crippen molar-refractivity contribution in [3.05, 3.63) is 34.4 Å². The summed E-state index contributed by atoms with van der Waals surface area (Å²) in [5.41, 5.74) is -0.591. The molecule has 0 aliphatic rings. The molecule has 2 aromatic rings. The number of carbonyl (C=O) groups excluding carboxylic acids is 1. The lowest BCUT2D eigenvalue weighted by atomic mass is 10.3. The highest BCUT2D eigenvalue weighted by Gasteiger charge is 2.39. The van der Waals surface area contributed by atoms with E-state index in [-0.39, 0.29) is 6.54 Å². The average molecular weight is 350 g/mol. The molecule has 2 rings (SSSR count). The molecule has 0 atom stereocenters. The van der Waals surface area contributed by atoms with Crippen molar-refractivity contribution in [3.8, 4) is 0 Å². The smallest absolute Gasteiger partial charge is 0.351 e. The third kappa shape index (κ3) is 3.84. The van der Waals surface area contributed by atoms with Gasteiger partial charge in [-0.3, -0.25) is 14.2 Å². The Hall–Kier alpha value is -2.03. The van der Waals surface area contributed by atoms with E-state index in [1.165, 1.54) is 0 Å². The van der Waals surface area contributed by atoms with Crippen molar-refractivity contribution in [3.63, 3.8) is 0 Å². The second-order valence-corrected chi connectivity index (χ2v) is 5.32. The van der Waals surface area contributed by atoms with Crippen molar-refractivity contribution in [2.24, 2.45) is 7.05 Å². The summed E-state index contributed by atoms with van der Waals surface area (Å²) in [4.78, 5) is 11.9. The van der Waals surface area contributed by atoms with E-state index in [1.54, 1.807) is 10.9 Å². The molecule has 10 heteroatoms. The first-order valence-electron chi connectivity index (χ1n) is 6.78. The third-order valence-electron chi connectivity index (χ3n) is 3.23. The number of hydrogen-bond acceptors (Lipinski definition) is 3. The first-order valence-corrected chi connectivity index (χ1v) is 7.16. The van der Waals surface area contributed by atoms with Crippen LogP contribution in [0.1, 0.15) is 28.3 Å². The number of nitrogens with one attached hydrogen (secondary N) is 1.